The number of anilines is 1. The number of para-hydroxylation sites is 2. The van der Waals surface area contributed by atoms with E-state index in [4.69, 9.17) is 4.42 Å². The van der Waals surface area contributed by atoms with Gasteiger partial charge in [-0.2, -0.15) is 0 Å². The summed E-state index contributed by atoms with van der Waals surface area (Å²) in [4.78, 5) is 34.7. The molecule has 0 aliphatic rings. The predicted octanol–water partition coefficient (Wildman–Crippen LogP) is 3.98. The molecular formula is C20H15N7O4S2. The number of aryl methyl sites for hydroxylation is 2. The van der Waals surface area contributed by atoms with Crippen LogP contribution in [0.2, 0.25) is 0 Å². The minimum absolute atomic E-state index is 0.0212. The molecule has 0 saturated carbocycles. The van der Waals surface area contributed by atoms with Gasteiger partial charge in [-0.25, -0.2) is 9.97 Å². The van der Waals surface area contributed by atoms with E-state index in [1.807, 2.05) is 24.3 Å². The number of nitro groups is 1. The summed E-state index contributed by atoms with van der Waals surface area (Å²) in [5, 5.41) is 22.2. The summed E-state index contributed by atoms with van der Waals surface area (Å²) in [5.41, 5.74) is 2.45. The van der Waals surface area contributed by atoms with Gasteiger partial charge >= 0.3 is 0 Å². The standard InChI is InChI=1S/C20H15N7O4S2/c28-17(24-19-23-14-6-5-11(27(29)30)9-15(14)33-19)10-32-20-26-25-18(31-20)8-7-16-21-12-3-1-2-4-13(12)22-16/h1-6,9H,7-8,10H2,(H,21,22)(H,23,24,28). The fourth-order valence-corrected chi connectivity index (χ4v) is 4.61. The van der Waals surface area contributed by atoms with Crippen LogP contribution in [-0.4, -0.2) is 41.7 Å². The van der Waals surface area contributed by atoms with Crippen molar-refractivity contribution in [1.29, 1.82) is 0 Å². The van der Waals surface area contributed by atoms with Crippen LogP contribution in [0.3, 0.4) is 0 Å². The van der Waals surface area contributed by atoms with Crippen LogP contribution in [0.15, 0.2) is 52.1 Å². The number of aromatic nitrogens is 5. The van der Waals surface area contributed by atoms with Gasteiger partial charge in [0.25, 0.3) is 10.9 Å². The van der Waals surface area contributed by atoms with Crippen LogP contribution in [0.25, 0.3) is 21.3 Å². The number of imidazole rings is 1. The molecule has 166 valence electrons. The van der Waals surface area contributed by atoms with Gasteiger partial charge in [-0.3, -0.25) is 14.9 Å². The van der Waals surface area contributed by atoms with Crippen LogP contribution >= 0.6 is 23.1 Å². The highest BCUT2D eigenvalue weighted by atomic mass is 32.2. The average molecular weight is 482 g/mol. The fraction of sp³-hybridized carbons (Fsp3) is 0.150. The zero-order valence-electron chi connectivity index (χ0n) is 16.8. The molecule has 13 heteroatoms. The highest BCUT2D eigenvalue weighted by Crippen LogP contribution is 2.29. The first-order chi connectivity index (χ1) is 16.0. The van der Waals surface area contributed by atoms with E-state index in [1.54, 1.807) is 6.07 Å². The lowest BCUT2D eigenvalue weighted by Gasteiger charge is -1.98. The third kappa shape index (κ3) is 4.83. The fourth-order valence-electron chi connectivity index (χ4n) is 3.11. The van der Waals surface area contributed by atoms with Crippen molar-refractivity contribution < 1.29 is 14.1 Å². The molecule has 0 aliphatic carbocycles. The summed E-state index contributed by atoms with van der Waals surface area (Å²) < 4.78 is 6.23. The van der Waals surface area contributed by atoms with Crippen LogP contribution in [0.1, 0.15) is 11.7 Å². The minimum Gasteiger partial charge on any atom is -0.416 e. The number of carbonyl (C=O) groups is 1. The second kappa shape index (κ2) is 8.96. The predicted molar refractivity (Wildman–Crippen MR) is 123 cm³/mol. The Morgan fingerprint density at radius 2 is 2.03 bits per heavy atom. The molecule has 3 heterocycles. The minimum atomic E-state index is -0.469. The van der Waals surface area contributed by atoms with Crippen molar-refractivity contribution in [2.45, 2.75) is 18.1 Å². The Morgan fingerprint density at radius 3 is 2.88 bits per heavy atom. The van der Waals surface area contributed by atoms with Crippen LogP contribution < -0.4 is 5.32 Å². The molecular weight excluding hydrogens is 466 g/mol. The van der Waals surface area contributed by atoms with Crippen molar-refractivity contribution in [3.8, 4) is 0 Å². The van der Waals surface area contributed by atoms with Gasteiger partial charge in [-0.1, -0.05) is 35.2 Å². The molecule has 0 spiro atoms. The van der Waals surface area contributed by atoms with Gasteiger partial charge in [0.2, 0.25) is 11.8 Å². The first-order valence-corrected chi connectivity index (χ1v) is 11.6. The van der Waals surface area contributed by atoms with E-state index in [2.05, 4.69) is 30.5 Å². The van der Waals surface area contributed by atoms with Crippen molar-refractivity contribution in [3.05, 3.63) is 64.3 Å². The van der Waals surface area contributed by atoms with Gasteiger partial charge in [0.15, 0.2) is 5.13 Å². The second-order valence-electron chi connectivity index (χ2n) is 6.93. The van der Waals surface area contributed by atoms with Gasteiger partial charge in [0, 0.05) is 25.0 Å². The second-order valence-corrected chi connectivity index (χ2v) is 8.88. The summed E-state index contributed by atoms with van der Waals surface area (Å²) in [6, 6.07) is 12.2. The topological polar surface area (TPSA) is 153 Å². The molecule has 2 aromatic carbocycles. The first-order valence-electron chi connectivity index (χ1n) is 9.77. The summed E-state index contributed by atoms with van der Waals surface area (Å²) in [6.07, 6.45) is 1.15. The van der Waals surface area contributed by atoms with Crippen LogP contribution in [-0.2, 0) is 17.6 Å². The highest BCUT2D eigenvalue weighted by molar-refractivity contribution is 7.99. The number of carbonyl (C=O) groups excluding carboxylic acids is 1. The van der Waals surface area contributed by atoms with Crippen LogP contribution in [0.5, 0.6) is 0 Å². The summed E-state index contributed by atoms with van der Waals surface area (Å²) >= 11 is 2.29. The van der Waals surface area contributed by atoms with Gasteiger partial charge in [0.05, 0.1) is 31.9 Å². The maximum Gasteiger partial charge on any atom is 0.277 e. The van der Waals surface area contributed by atoms with Gasteiger partial charge in [-0.15, -0.1) is 10.2 Å². The number of nitro benzene ring substituents is 1. The number of amides is 1. The number of nitrogens with one attached hydrogen (secondary N) is 2. The lowest BCUT2D eigenvalue weighted by molar-refractivity contribution is -0.384. The van der Waals surface area contributed by atoms with Crippen molar-refractivity contribution in [2.24, 2.45) is 0 Å². The number of benzene rings is 2. The molecule has 0 atom stereocenters. The Kier molecular flexibility index (Phi) is 5.71. The molecule has 0 bridgehead atoms. The average Bonchev–Trinajstić information content (AvgIpc) is 3.52. The number of H-pyrrole nitrogens is 1. The van der Waals surface area contributed by atoms with E-state index < -0.39 is 4.92 Å². The van der Waals surface area contributed by atoms with Gasteiger partial charge in [-0.05, 0) is 18.2 Å². The highest BCUT2D eigenvalue weighted by Gasteiger charge is 2.14. The zero-order chi connectivity index (χ0) is 22.8. The number of thiazole rings is 1. The molecule has 11 nitrogen and oxygen atoms in total. The lowest BCUT2D eigenvalue weighted by atomic mass is 10.3. The quantitative estimate of drug-likeness (QED) is 0.190. The first kappa shape index (κ1) is 21.0. The molecule has 33 heavy (non-hydrogen) atoms. The largest absolute Gasteiger partial charge is 0.416 e. The number of thioether (sulfide) groups is 1. The molecule has 0 radical (unpaired) electrons. The van der Waals surface area contributed by atoms with Crippen molar-refractivity contribution in [3.63, 3.8) is 0 Å². The number of rotatable bonds is 8. The molecule has 0 fully saturated rings. The zero-order valence-corrected chi connectivity index (χ0v) is 18.5. The summed E-state index contributed by atoms with van der Waals surface area (Å²) in [5.74, 6) is 1.06. The van der Waals surface area contributed by atoms with Crippen molar-refractivity contribution >= 4 is 61.1 Å². The molecule has 0 aliphatic heterocycles. The van der Waals surface area contributed by atoms with E-state index in [-0.39, 0.29) is 17.3 Å². The van der Waals surface area contributed by atoms with E-state index in [0.29, 0.717) is 39.3 Å². The lowest BCUT2D eigenvalue weighted by Crippen LogP contribution is -2.13. The Morgan fingerprint density at radius 1 is 1.15 bits per heavy atom. The Hall–Kier alpha value is -3.84. The molecule has 1 amide bonds. The smallest absolute Gasteiger partial charge is 0.277 e. The Bertz CT molecular complexity index is 1440. The number of hydrogen-bond acceptors (Lipinski definition) is 10. The van der Waals surface area contributed by atoms with Crippen molar-refractivity contribution in [1.82, 2.24) is 25.1 Å². The van der Waals surface area contributed by atoms with E-state index in [1.165, 1.54) is 23.5 Å². The maximum absolute atomic E-state index is 12.3. The summed E-state index contributed by atoms with van der Waals surface area (Å²) in [7, 11) is 0. The Labute approximate surface area is 193 Å². The number of hydrogen-bond donors (Lipinski definition) is 2. The van der Waals surface area contributed by atoms with Crippen LogP contribution in [0, 0.1) is 10.1 Å². The third-order valence-electron chi connectivity index (χ3n) is 4.62. The van der Waals surface area contributed by atoms with Crippen LogP contribution in [0.4, 0.5) is 10.8 Å². The molecule has 0 unspecified atom stereocenters. The van der Waals surface area contributed by atoms with Gasteiger partial charge < -0.3 is 14.7 Å². The summed E-state index contributed by atoms with van der Waals surface area (Å²) in [6.45, 7) is 0. The molecule has 5 aromatic rings. The maximum atomic E-state index is 12.3. The number of aromatic amines is 1. The number of non-ortho nitro benzene ring substituents is 1. The van der Waals surface area contributed by atoms with Gasteiger partial charge in [0.1, 0.15) is 5.82 Å². The molecule has 2 N–H and O–H groups in total. The SMILES string of the molecule is O=C(CSc1nnc(CCc2nc3ccccc3[nH]2)o1)Nc1nc2ccc([N+](=O)[O-])cc2s1. The molecule has 0 saturated heterocycles. The van der Waals surface area contributed by atoms with E-state index >= 15 is 0 Å². The molecule has 3 aromatic heterocycles. The Balaban J connectivity index is 1.13. The third-order valence-corrected chi connectivity index (χ3v) is 6.37. The van der Waals surface area contributed by atoms with E-state index in [9.17, 15) is 14.9 Å². The monoisotopic (exact) mass is 481 g/mol. The number of fused-ring (bicyclic) bond motifs is 2. The van der Waals surface area contributed by atoms with Crippen molar-refractivity contribution in [2.75, 3.05) is 11.1 Å². The number of nitrogens with zero attached hydrogens (tertiary/aromatic N) is 5. The van der Waals surface area contributed by atoms with E-state index in [0.717, 1.165) is 28.6 Å². The normalized spacial score (nSPS) is 11.3. The molecule has 5 rings (SSSR count).